The molecule has 0 atom stereocenters. The summed E-state index contributed by atoms with van der Waals surface area (Å²) in [5.41, 5.74) is 0. The molecule has 2 aromatic rings. The lowest BCUT2D eigenvalue weighted by molar-refractivity contribution is 0.795. The summed E-state index contributed by atoms with van der Waals surface area (Å²) >= 11 is 3.40. The van der Waals surface area contributed by atoms with Crippen molar-refractivity contribution < 1.29 is 0 Å². The van der Waals surface area contributed by atoms with Crippen molar-refractivity contribution in [3.05, 3.63) is 17.5 Å². The molecule has 0 aliphatic heterocycles. The number of hydrogen-bond donors (Lipinski definition) is 0. The van der Waals surface area contributed by atoms with Gasteiger partial charge >= 0.3 is 0 Å². The molecule has 0 saturated heterocycles. The second-order valence-electron chi connectivity index (χ2n) is 2.78. The summed E-state index contributed by atoms with van der Waals surface area (Å²) in [6, 6.07) is 4.09. The van der Waals surface area contributed by atoms with Gasteiger partial charge in [0.05, 0.1) is 4.88 Å². The lowest BCUT2D eigenvalue weighted by Gasteiger charge is -1.99. The minimum absolute atomic E-state index is 0.955. The molecule has 0 saturated carbocycles. The first-order valence-corrected chi connectivity index (χ1v) is 6.25. The van der Waals surface area contributed by atoms with Gasteiger partial charge in [0.15, 0.2) is 11.0 Å². The molecule has 0 amide bonds. The first-order chi connectivity index (χ1) is 6.83. The fraction of sp³-hybridized carbons (Fsp3) is 0.333. The van der Waals surface area contributed by atoms with Crippen LogP contribution in [0, 0.1) is 0 Å². The summed E-state index contributed by atoms with van der Waals surface area (Å²) in [5, 5.41) is 11.4. The highest BCUT2D eigenvalue weighted by Gasteiger charge is 2.10. The van der Waals surface area contributed by atoms with Gasteiger partial charge < -0.3 is 4.57 Å². The van der Waals surface area contributed by atoms with Crippen LogP contribution in [0.5, 0.6) is 0 Å². The zero-order valence-corrected chi connectivity index (χ0v) is 9.73. The predicted molar refractivity (Wildman–Crippen MR) is 60.7 cm³/mol. The Morgan fingerprint density at radius 2 is 2.36 bits per heavy atom. The zero-order valence-electron chi connectivity index (χ0n) is 8.10. The molecule has 0 N–H and O–H groups in total. The summed E-state index contributed by atoms with van der Waals surface area (Å²) in [6.45, 7) is 2.12. The van der Waals surface area contributed by atoms with Crippen LogP contribution in [0.25, 0.3) is 10.7 Å². The molecule has 5 heteroatoms. The molecule has 74 valence electrons. The third kappa shape index (κ3) is 1.69. The fourth-order valence-electron chi connectivity index (χ4n) is 1.19. The normalized spacial score (nSPS) is 10.7. The van der Waals surface area contributed by atoms with Crippen LogP contribution in [0.4, 0.5) is 0 Å². The van der Waals surface area contributed by atoms with E-state index in [1.54, 1.807) is 23.1 Å². The number of aromatic nitrogens is 3. The molecule has 14 heavy (non-hydrogen) atoms. The van der Waals surface area contributed by atoms with Crippen LogP contribution in [0.1, 0.15) is 6.92 Å². The Balaban J connectivity index is 2.36. The SMILES string of the molecule is CCSc1nnc(-c2cccs2)n1C. The Morgan fingerprint density at radius 1 is 1.50 bits per heavy atom. The van der Waals surface area contributed by atoms with E-state index < -0.39 is 0 Å². The first kappa shape index (κ1) is 9.73. The first-order valence-electron chi connectivity index (χ1n) is 4.39. The van der Waals surface area contributed by atoms with Gasteiger partial charge in [-0.05, 0) is 17.2 Å². The van der Waals surface area contributed by atoms with Crippen molar-refractivity contribution in [3.8, 4) is 10.7 Å². The van der Waals surface area contributed by atoms with Gasteiger partial charge in [-0.2, -0.15) is 0 Å². The Hall–Kier alpha value is -0.810. The molecule has 2 heterocycles. The largest absolute Gasteiger partial charge is 0.305 e. The van der Waals surface area contributed by atoms with E-state index in [1.807, 2.05) is 17.7 Å². The quantitative estimate of drug-likeness (QED) is 0.752. The molecule has 0 unspecified atom stereocenters. The maximum atomic E-state index is 4.18. The number of rotatable bonds is 3. The van der Waals surface area contributed by atoms with Gasteiger partial charge in [-0.3, -0.25) is 0 Å². The molecule has 0 fully saturated rings. The molecule has 2 aromatic heterocycles. The van der Waals surface area contributed by atoms with Crippen molar-refractivity contribution in [2.75, 3.05) is 5.75 Å². The Morgan fingerprint density at radius 3 is 3.00 bits per heavy atom. The lowest BCUT2D eigenvalue weighted by atomic mass is 10.4. The van der Waals surface area contributed by atoms with E-state index in [4.69, 9.17) is 0 Å². The van der Waals surface area contributed by atoms with Crippen molar-refractivity contribution in [3.63, 3.8) is 0 Å². The molecule has 0 spiro atoms. The van der Waals surface area contributed by atoms with Crippen LogP contribution in [-0.2, 0) is 7.05 Å². The second kappa shape index (κ2) is 4.14. The molecule has 0 aliphatic carbocycles. The number of nitrogens with zero attached hydrogens (tertiary/aromatic N) is 3. The van der Waals surface area contributed by atoms with E-state index in [9.17, 15) is 0 Å². The minimum atomic E-state index is 0.955. The van der Waals surface area contributed by atoms with Crippen molar-refractivity contribution in [2.45, 2.75) is 12.1 Å². The van der Waals surface area contributed by atoms with Crippen molar-refractivity contribution in [1.29, 1.82) is 0 Å². The maximum Gasteiger partial charge on any atom is 0.191 e. The predicted octanol–water partition coefficient (Wildman–Crippen LogP) is 2.66. The van der Waals surface area contributed by atoms with E-state index in [0.29, 0.717) is 0 Å². The summed E-state index contributed by atoms with van der Waals surface area (Å²) in [4.78, 5) is 1.17. The van der Waals surface area contributed by atoms with Crippen molar-refractivity contribution in [1.82, 2.24) is 14.8 Å². The van der Waals surface area contributed by atoms with Gasteiger partial charge in [-0.15, -0.1) is 21.5 Å². The number of thioether (sulfide) groups is 1. The molecule has 0 aliphatic rings. The molecule has 0 bridgehead atoms. The van der Waals surface area contributed by atoms with Crippen LogP contribution in [0.15, 0.2) is 22.7 Å². The summed E-state index contributed by atoms with van der Waals surface area (Å²) in [5.74, 6) is 1.98. The van der Waals surface area contributed by atoms with Gasteiger partial charge in [0.1, 0.15) is 0 Å². The van der Waals surface area contributed by atoms with Crippen LogP contribution >= 0.6 is 23.1 Å². The van der Waals surface area contributed by atoms with Gasteiger partial charge in [-0.1, -0.05) is 24.8 Å². The van der Waals surface area contributed by atoms with E-state index in [2.05, 4.69) is 28.6 Å². The summed E-state index contributed by atoms with van der Waals surface area (Å²) in [7, 11) is 2.01. The van der Waals surface area contributed by atoms with Crippen LogP contribution in [0.3, 0.4) is 0 Å². The summed E-state index contributed by atoms with van der Waals surface area (Å²) < 4.78 is 2.04. The highest BCUT2D eigenvalue weighted by molar-refractivity contribution is 7.99. The van der Waals surface area contributed by atoms with Gasteiger partial charge in [0.2, 0.25) is 0 Å². The van der Waals surface area contributed by atoms with Gasteiger partial charge in [0.25, 0.3) is 0 Å². The van der Waals surface area contributed by atoms with Crippen molar-refractivity contribution in [2.24, 2.45) is 7.05 Å². The molecule has 0 radical (unpaired) electrons. The van der Waals surface area contributed by atoms with Crippen LogP contribution in [0.2, 0.25) is 0 Å². The average Bonchev–Trinajstić information content (AvgIpc) is 2.77. The second-order valence-corrected chi connectivity index (χ2v) is 4.95. The van der Waals surface area contributed by atoms with Crippen LogP contribution in [-0.4, -0.2) is 20.5 Å². The third-order valence-corrected chi connectivity index (χ3v) is 3.62. The third-order valence-electron chi connectivity index (χ3n) is 1.85. The molecular formula is C9H11N3S2. The zero-order chi connectivity index (χ0) is 9.97. The minimum Gasteiger partial charge on any atom is -0.305 e. The smallest absolute Gasteiger partial charge is 0.191 e. The van der Waals surface area contributed by atoms with Crippen LogP contribution < -0.4 is 0 Å². The average molecular weight is 225 g/mol. The standard InChI is InChI=1S/C9H11N3S2/c1-3-13-9-11-10-8(12(9)2)7-5-4-6-14-7/h4-6H,3H2,1-2H3. The Bertz CT molecular complexity index is 406. The molecular weight excluding hydrogens is 214 g/mol. The van der Waals surface area contributed by atoms with E-state index in [1.165, 1.54) is 4.88 Å². The Kier molecular flexibility index (Phi) is 2.88. The fourth-order valence-corrected chi connectivity index (χ4v) is 2.57. The summed E-state index contributed by atoms with van der Waals surface area (Å²) in [6.07, 6.45) is 0. The highest BCUT2D eigenvalue weighted by atomic mass is 32.2. The van der Waals surface area contributed by atoms with E-state index >= 15 is 0 Å². The topological polar surface area (TPSA) is 30.7 Å². The van der Waals surface area contributed by atoms with E-state index in [-0.39, 0.29) is 0 Å². The molecule has 2 rings (SSSR count). The highest BCUT2D eigenvalue weighted by Crippen LogP contribution is 2.25. The molecule has 3 nitrogen and oxygen atoms in total. The number of hydrogen-bond acceptors (Lipinski definition) is 4. The maximum absolute atomic E-state index is 4.18. The monoisotopic (exact) mass is 225 g/mol. The van der Waals surface area contributed by atoms with Gasteiger partial charge in [-0.25, -0.2) is 0 Å². The lowest BCUT2D eigenvalue weighted by Crippen LogP contribution is -1.93. The van der Waals surface area contributed by atoms with Gasteiger partial charge in [0, 0.05) is 7.05 Å². The Labute approximate surface area is 91.2 Å². The van der Waals surface area contributed by atoms with Crippen molar-refractivity contribution >= 4 is 23.1 Å². The molecule has 0 aromatic carbocycles. The number of thiophene rings is 1. The van der Waals surface area contributed by atoms with E-state index in [0.717, 1.165) is 16.7 Å².